The van der Waals surface area contributed by atoms with Crippen LogP contribution in [0.15, 0.2) is 82.2 Å². The third-order valence-corrected chi connectivity index (χ3v) is 6.53. The van der Waals surface area contributed by atoms with Crippen LogP contribution in [0.5, 0.6) is 11.5 Å². The molecular weight excluding hydrogens is 476 g/mol. The number of carbonyl (C=O) groups is 1. The summed E-state index contributed by atoms with van der Waals surface area (Å²) in [5, 5.41) is 0. The Morgan fingerprint density at radius 1 is 1.11 bits per heavy atom. The largest absolute Gasteiger partial charge is 0.494 e. The van der Waals surface area contributed by atoms with Crippen molar-refractivity contribution in [3.05, 3.63) is 103 Å². The summed E-state index contributed by atoms with van der Waals surface area (Å²) in [5.74, 6) is 0.911. The molecular formula is C28H28N2O5S. The van der Waals surface area contributed by atoms with E-state index in [1.807, 2.05) is 61.5 Å². The van der Waals surface area contributed by atoms with E-state index in [1.165, 1.54) is 11.3 Å². The number of hydrogen-bond donors (Lipinski definition) is 0. The molecule has 3 aromatic rings. The van der Waals surface area contributed by atoms with Gasteiger partial charge in [-0.15, -0.1) is 0 Å². The number of fused-ring (bicyclic) bond motifs is 1. The van der Waals surface area contributed by atoms with Crippen LogP contribution in [0.25, 0.3) is 6.08 Å². The van der Waals surface area contributed by atoms with Gasteiger partial charge in [0, 0.05) is 0 Å². The van der Waals surface area contributed by atoms with Crippen molar-refractivity contribution < 1.29 is 19.0 Å². The molecule has 0 N–H and O–H groups in total. The van der Waals surface area contributed by atoms with Crippen molar-refractivity contribution in [2.24, 2.45) is 4.99 Å². The molecule has 186 valence electrons. The summed E-state index contributed by atoms with van der Waals surface area (Å²) < 4.78 is 18.6. The highest BCUT2D eigenvalue weighted by Crippen LogP contribution is 2.31. The summed E-state index contributed by atoms with van der Waals surface area (Å²) in [6, 6.07) is 14.2. The lowest BCUT2D eigenvalue weighted by atomic mass is 9.96. The summed E-state index contributed by atoms with van der Waals surface area (Å²) in [6.07, 6.45) is 3.48. The average Bonchev–Trinajstić information content (AvgIpc) is 3.17. The summed E-state index contributed by atoms with van der Waals surface area (Å²) in [4.78, 5) is 31.8. The van der Waals surface area contributed by atoms with Crippen LogP contribution in [0, 0.1) is 0 Å². The highest BCUT2D eigenvalue weighted by molar-refractivity contribution is 7.07. The van der Waals surface area contributed by atoms with Gasteiger partial charge in [0.05, 0.1) is 35.1 Å². The molecule has 0 radical (unpaired) electrons. The minimum Gasteiger partial charge on any atom is -0.494 e. The third-order valence-electron chi connectivity index (χ3n) is 5.55. The highest BCUT2D eigenvalue weighted by Gasteiger charge is 2.33. The SMILES string of the molecule is C=CCOc1cccc(/C=c2\sc3n(c2=O)[C@@H](c2ccc(OCC)cc2)C(C(=O)OCC)=C(C)N=3)c1. The zero-order valence-electron chi connectivity index (χ0n) is 20.5. The zero-order chi connectivity index (χ0) is 25.7. The second kappa shape index (κ2) is 11.2. The molecule has 1 atom stereocenters. The first-order valence-electron chi connectivity index (χ1n) is 11.7. The Kier molecular flexibility index (Phi) is 7.85. The van der Waals surface area contributed by atoms with E-state index in [0.717, 1.165) is 11.1 Å². The number of esters is 1. The maximum absolute atomic E-state index is 13.7. The Labute approximate surface area is 213 Å². The number of hydrogen-bond acceptors (Lipinski definition) is 7. The van der Waals surface area contributed by atoms with Crippen LogP contribution in [0.1, 0.15) is 37.9 Å². The number of nitrogens with zero attached hydrogens (tertiary/aromatic N) is 2. The van der Waals surface area contributed by atoms with Gasteiger partial charge >= 0.3 is 5.97 Å². The first-order chi connectivity index (χ1) is 17.5. The predicted molar refractivity (Wildman–Crippen MR) is 140 cm³/mol. The van der Waals surface area contributed by atoms with Gasteiger partial charge in [-0.3, -0.25) is 9.36 Å². The lowest BCUT2D eigenvalue weighted by molar-refractivity contribution is -0.139. The van der Waals surface area contributed by atoms with Gasteiger partial charge in [-0.2, -0.15) is 0 Å². The topological polar surface area (TPSA) is 79.1 Å². The van der Waals surface area contributed by atoms with Crippen LogP contribution in [0.2, 0.25) is 0 Å². The molecule has 8 heteroatoms. The number of benzene rings is 2. The van der Waals surface area contributed by atoms with E-state index in [1.54, 1.807) is 24.5 Å². The van der Waals surface area contributed by atoms with Crippen molar-refractivity contribution in [3.63, 3.8) is 0 Å². The van der Waals surface area contributed by atoms with Crippen molar-refractivity contribution >= 4 is 23.4 Å². The normalized spacial score (nSPS) is 15.2. The van der Waals surface area contributed by atoms with Crippen molar-refractivity contribution in [2.75, 3.05) is 19.8 Å². The maximum atomic E-state index is 13.7. The second-order valence-corrected chi connectivity index (χ2v) is 8.99. The van der Waals surface area contributed by atoms with Crippen LogP contribution in [0.4, 0.5) is 0 Å². The van der Waals surface area contributed by atoms with Crippen molar-refractivity contribution in [2.45, 2.75) is 26.8 Å². The van der Waals surface area contributed by atoms with E-state index >= 15 is 0 Å². The Hall–Kier alpha value is -3.91. The van der Waals surface area contributed by atoms with Crippen LogP contribution in [-0.2, 0) is 9.53 Å². The van der Waals surface area contributed by atoms with E-state index in [0.29, 0.717) is 45.3 Å². The van der Waals surface area contributed by atoms with Crippen LogP contribution in [0.3, 0.4) is 0 Å². The molecule has 0 bridgehead atoms. The summed E-state index contributed by atoms with van der Waals surface area (Å²) in [5.41, 5.74) is 2.23. The molecule has 0 amide bonds. The summed E-state index contributed by atoms with van der Waals surface area (Å²) in [7, 11) is 0. The van der Waals surface area contributed by atoms with Gasteiger partial charge in [0.25, 0.3) is 5.56 Å². The van der Waals surface area contributed by atoms with Crippen molar-refractivity contribution in [3.8, 4) is 11.5 Å². The van der Waals surface area contributed by atoms with Gasteiger partial charge in [0.2, 0.25) is 0 Å². The van der Waals surface area contributed by atoms with Crippen LogP contribution >= 0.6 is 11.3 Å². The molecule has 1 aliphatic rings. The lowest BCUT2D eigenvalue weighted by Crippen LogP contribution is -2.39. The second-order valence-electron chi connectivity index (χ2n) is 7.98. The number of carbonyl (C=O) groups excluding carboxylic acids is 1. The highest BCUT2D eigenvalue weighted by atomic mass is 32.1. The van der Waals surface area contributed by atoms with Gasteiger partial charge in [0.1, 0.15) is 18.1 Å². The molecule has 2 heterocycles. The van der Waals surface area contributed by atoms with E-state index in [9.17, 15) is 9.59 Å². The fourth-order valence-corrected chi connectivity index (χ4v) is 5.07. The van der Waals surface area contributed by atoms with E-state index in [-0.39, 0.29) is 12.2 Å². The molecule has 1 aromatic heterocycles. The fraction of sp³-hybridized carbons (Fsp3) is 0.250. The Bertz CT molecular complexity index is 1480. The smallest absolute Gasteiger partial charge is 0.338 e. The van der Waals surface area contributed by atoms with Crippen LogP contribution < -0.4 is 24.4 Å². The number of rotatable bonds is 9. The van der Waals surface area contributed by atoms with E-state index < -0.39 is 12.0 Å². The van der Waals surface area contributed by atoms with Gasteiger partial charge < -0.3 is 14.2 Å². The third kappa shape index (κ3) is 5.18. The predicted octanol–water partition coefficient (Wildman–Crippen LogP) is 3.76. The molecule has 0 spiro atoms. The summed E-state index contributed by atoms with van der Waals surface area (Å²) in [6.45, 7) is 10.3. The Balaban J connectivity index is 1.86. The average molecular weight is 505 g/mol. The number of aromatic nitrogens is 1. The van der Waals surface area contributed by atoms with E-state index in [4.69, 9.17) is 14.2 Å². The minimum absolute atomic E-state index is 0.223. The quantitative estimate of drug-likeness (QED) is 0.328. The molecule has 7 nitrogen and oxygen atoms in total. The van der Waals surface area contributed by atoms with Crippen molar-refractivity contribution in [1.29, 1.82) is 0 Å². The number of ether oxygens (including phenoxy) is 3. The lowest BCUT2D eigenvalue weighted by Gasteiger charge is -2.24. The molecule has 4 rings (SSSR count). The standard InChI is InChI=1S/C28H28N2O5S/c1-5-15-35-22-10-8-9-19(16-22)17-23-26(31)30-25(20-11-13-21(14-12-20)33-6-2)24(27(32)34-7-3)18(4)29-28(30)36-23/h5,8-14,16-17,25H,1,6-7,15H2,2-4H3/b23-17-/t25-/m0/s1. The first kappa shape index (κ1) is 25.2. The number of allylic oxidation sites excluding steroid dienone is 1. The number of thiazole rings is 1. The van der Waals surface area contributed by atoms with E-state index in [2.05, 4.69) is 11.6 Å². The molecule has 36 heavy (non-hydrogen) atoms. The molecule has 0 unspecified atom stereocenters. The molecule has 0 aliphatic carbocycles. The van der Waals surface area contributed by atoms with Crippen LogP contribution in [-0.4, -0.2) is 30.4 Å². The maximum Gasteiger partial charge on any atom is 0.338 e. The molecule has 2 aromatic carbocycles. The molecule has 1 aliphatic heterocycles. The molecule has 0 saturated carbocycles. The monoisotopic (exact) mass is 504 g/mol. The molecule has 0 fully saturated rings. The van der Waals surface area contributed by atoms with Gasteiger partial charge in [-0.05, 0) is 62.2 Å². The molecule has 0 saturated heterocycles. The first-order valence-corrected chi connectivity index (χ1v) is 12.5. The zero-order valence-corrected chi connectivity index (χ0v) is 21.3. The fourth-order valence-electron chi connectivity index (χ4n) is 4.02. The Morgan fingerprint density at radius 3 is 2.58 bits per heavy atom. The van der Waals surface area contributed by atoms with Gasteiger partial charge in [-0.25, -0.2) is 9.79 Å². The van der Waals surface area contributed by atoms with Gasteiger partial charge in [0.15, 0.2) is 4.80 Å². The minimum atomic E-state index is -0.666. The Morgan fingerprint density at radius 2 is 1.89 bits per heavy atom. The summed E-state index contributed by atoms with van der Waals surface area (Å²) >= 11 is 1.28. The van der Waals surface area contributed by atoms with Crippen molar-refractivity contribution in [1.82, 2.24) is 4.57 Å². The van der Waals surface area contributed by atoms with Gasteiger partial charge in [-0.1, -0.05) is 48.3 Å².